The fourth-order valence-corrected chi connectivity index (χ4v) is 3.03. The summed E-state index contributed by atoms with van der Waals surface area (Å²) < 4.78 is 7.75. The maximum absolute atomic E-state index is 12.8. The number of anilines is 1. The largest absolute Gasteiger partial charge is 0.397 e. The van der Waals surface area contributed by atoms with Crippen LogP contribution in [0.4, 0.5) is 5.69 Å². The highest BCUT2D eigenvalue weighted by Crippen LogP contribution is 2.37. The molecule has 2 fully saturated rings. The molecule has 0 aromatic carbocycles. The quantitative estimate of drug-likeness (QED) is 0.872. The Kier molecular flexibility index (Phi) is 3.45. The van der Waals surface area contributed by atoms with Crippen LogP contribution in [-0.2, 0) is 4.74 Å². The Labute approximate surface area is 124 Å². The van der Waals surface area contributed by atoms with Crippen molar-refractivity contribution in [3.05, 3.63) is 18.0 Å². The van der Waals surface area contributed by atoms with Crippen LogP contribution in [0.5, 0.6) is 0 Å². The first-order chi connectivity index (χ1) is 9.89. The van der Waals surface area contributed by atoms with Gasteiger partial charge in [-0.05, 0) is 32.8 Å². The van der Waals surface area contributed by atoms with E-state index < -0.39 is 5.60 Å². The summed E-state index contributed by atoms with van der Waals surface area (Å²) >= 11 is 0. The number of hydrogen-bond acceptors (Lipinski definition) is 4. The Bertz CT molecular complexity index is 548. The average Bonchev–Trinajstić information content (AvgIpc) is 3.19. The SMILES string of the molecule is CC1(C)CN(C(=O)c2cc(N)cn2C2CC2)CC(CO)O1. The summed E-state index contributed by atoms with van der Waals surface area (Å²) in [4.78, 5) is 14.6. The number of rotatable bonds is 3. The van der Waals surface area contributed by atoms with E-state index in [9.17, 15) is 9.90 Å². The molecule has 0 radical (unpaired) electrons. The Morgan fingerprint density at radius 3 is 2.86 bits per heavy atom. The summed E-state index contributed by atoms with van der Waals surface area (Å²) in [7, 11) is 0. The van der Waals surface area contributed by atoms with Crippen molar-refractivity contribution in [1.29, 1.82) is 0 Å². The van der Waals surface area contributed by atoms with Crippen molar-refractivity contribution in [3.63, 3.8) is 0 Å². The number of morpholine rings is 1. The molecule has 2 aliphatic rings. The van der Waals surface area contributed by atoms with Gasteiger partial charge >= 0.3 is 0 Å². The molecule has 2 heterocycles. The minimum absolute atomic E-state index is 0.0339. The van der Waals surface area contributed by atoms with E-state index >= 15 is 0 Å². The van der Waals surface area contributed by atoms with Crippen molar-refractivity contribution in [2.45, 2.75) is 44.4 Å². The van der Waals surface area contributed by atoms with E-state index in [4.69, 9.17) is 10.5 Å². The molecule has 3 N–H and O–H groups in total. The Morgan fingerprint density at radius 1 is 1.52 bits per heavy atom. The highest BCUT2D eigenvalue weighted by molar-refractivity contribution is 5.94. The van der Waals surface area contributed by atoms with Gasteiger partial charge in [-0.25, -0.2) is 0 Å². The molecule has 6 nitrogen and oxygen atoms in total. The maximum atomic E-state index is 12.8. The molecule has 0 bridgehead atoms. The number of aliphatic hydroxyl groups is 1. The smallest absolute Gasteiger partial charge is 0.270 e. The van der Waals surface area contributed by atoms with E-state index in [1.165, 1.54) is 0 Å². The first-order valence-corrected chi connectivity index (χ1v) is 7.45. The van der Waals surface area contributed by atoms with Crippen molar-refractivity contribution in [3.8, 4) is 0 Å². The summed E-state index contributed by atoms with van der Waals surface area (Å²) in [5, 5.41) is 9.36. The zero-order valence-electron chi connectivity index (χ0n) is 12.6. The minimum Gasteiger partial charge on any atom is -0.397 e. The first kappa shape index (κ1) is 14.4. The minimum atomic E-state index is -0.455. The van der Waals surface area contributed by atoms with Gasteiger partial charge in [0.25, 0.3) is 5.91 Å². The second-order valence-corrected chi connectivity index (χ2v) is 6.66. The van der Waals surface area contributed by atoms with Crippen molar-refractivity contribution in [2.24, 2.45) is 0 Å². The third kappa shape index (κ3) is 2.91. The summed E-state index contributed by atoms with van der Waals surface area (Å²) in [6.07, 6.45) is 3.71. The lowest BCUT2D eigenvalue weighted by Crippen LogP contribution is -2.55. The standard InChI is InChI=1S/C15H23N3O3/c1-15(2)9-17(7-12(8-19)21-15)14(20)13-5-10(16)6-18(13)11-3-4-11/h5-6,11-12,19H,3-4,7-9,16H2,1-2H3. The van der Waals surface area contributed by atoms with E-state index in [0.717, 1.165) is 12.8 Å². The van der Waals surface area contributed by atoms with Gasteiger partial charge in [0.2, 0.25) is 0 Å². The molecular formula is C15H23N3O3. The van der Waals surface area contributed by atoms with Gasteiger partial charge in [-0.3, -0.25) is 4.79 Å². The van der Waals surface area contributed by atoms with Crippen LogP contribution in [0.15, 0.2) is 12.3 Å². The molecule has 1 aromatic heterocycles. The van der Waals surface area contributed by atoms with Gasteiger partial charge in [0, 0.05) is 25.3 Å². The fraction of sp³-hybridized carbons (Fsp3) is 0.667. The molecule has 1 unspecified atom stereocenters. The molecule has 1 aromatic rings. The lowest BCUT2D eigenvalue weighted by molar-refractivity contribution is -0.139. The molecule has 1 saturated carbocycles. The normalized spacial score (nSPS) is 25.1. The zero-order chi connectivity index (χ0) is 15.2. The van der Waals surface area contributed by atoms with Crippen LogP contribution in [-0.4, -0.2) is 51.9 Å². The number of amides is 1. The van der Waals surface area contributed by atoms with E-state index in [0.29, 0.717) is 30.5 Å². The molecule has 1 atom stereocenters. The molecule has 116 valence electrons. The highest BCUT2D eigenvalue weighted by Gasteiger charge is 2.37. The number of aliphatic hydroxyl groups excluding tert-OH is 1. The Balaban J connectivity index is 1.84. The van der Waals surface area contributed by atoms with Crippen LogP contribution in [0.2, 0.25) is 0 Å². The van der Waals surface area contributed by atoms with Crippen molar-refractivity contribution < 1.29 is 14.6 Å². The van der Waals surface area contributed by atoms with Gasteiger partial charge in [0.1, 0.15) is 5.69 Å². The number of carbonyl (C=O) groups is 1. The third-order valence-electron chi connectivity index (χ3n) is 4.00. The average molecular weight is 293 g/mol. The van der Waals surface area contributed by atoms with E-state index in [2.05, 4.69) is 0 Å². The lowest BCUT2D eigenvalue weighted by Gasteiger charge is -2.42. The molecule has 1 aliphatic carbocycles. The Morgan fingerprint density at radius 2 is 2.24 bits per heavy atom. The molecule has 21 heavy (non-hydrogen) atoms. The molecule has 6 heteroatoms. The molecular weight excluding hydrogens is 270 g/mol. The van der Waals surface area contributed by atoms with E-state index in [-0.39, 0.29) is 18.6 Å². The van der Waals surface area contributed by atoms with Gasteiger partial charge in [-0.2, -0.15) is 0 Å². The zero-order valence-corrected chi connectivity index (χ0v) is 12.6. The fourth-order valence-electron chi connectivity index (χ4n) is 3.03. The van der Waals surface area contributed by atoms with Crippen LogP contribution >= 0.6 is 0 Å². The molecule has 1 amide bonds. The van der Waals surface area contributed by atoms with Gasteiger partial charge in [0.05, 0.1) is 24.0 Å². The van der Waals surface area contributed by atoms with Gasteiger partial charge in [-0.15, -0.1) is 0 Å². The van der Waals surface area contributed by atoms with Gasteiger partial charge in [-0.1, -0.05) is 0 Å². The number of carbonyl (C=O) groups excluding carboxylic acids is 1. The number of nitrogens with two attached hydrogens (primary N) is 1. The Hall–Kier alpha value is -1.53. The van der Waals surface area contributed by atoms with Gasteiger partial charge in [0.15, 0.2) is 0 Å². The highest BCUT2D eigenvalue weighted by atomic mass is 16.5. The number of nitrogens with zero attached hydrogens (tertiary/aromatic N) is 2. The van der Waals surface area contributed by atoms with Crippen LogP contribution in [0.1, 0.15) is 43.2 Å². The second kappa shape index (κ2) is 5.03. The van der Waals surface area contributed by atoms with Crippen LogP contribution < -0.4 is 5.73 Å². The monoisotopic (exact) mass is 293 g/mol. The predicted molar refractivity (Wildman–Crippen MR) is 79.1 cm³/mol. The van der Waals surface area contributed by atoms with Crippen LogP contribution in [0.25, 0.3) is 0 Å². The summed E-state index contributed by atoms with van der Waals surface area (Å²) in [5.41, 5.74) is 6.67. The second-order valence-electron chi connectivity index (χ2n) is 6.66. The van der Waals surface area contributed by atoms with Crippen molar-refractivity contribution in [2.75, 3.05) is 25.4 Å². The topological polar surface area (TPSA) is 80.7 Å². The summed E-state index contributed by atoms with van der Waals surface area (Å²) in [5.74, 6) is -0.0339. The third-order valence-corrected chi connectivity index (χ3v) is 4.00. The van der Waals surface area contributed by atoms with Gasteiger partial charge < -0.3 is 25.0 Å². The first-order valence-electron chi connectivity index (χ1n) is 7.45. The molecule has 3 rings (SSSR count). The number of hydrogen-bond donors (Lipinski definition) is 2. The number of ether oxygens (including phenoxy) is 1. The summed E-state index contributed by atoms with van der Waals surface area (Å²) in [6.45, 7) is 4.71. The van der Waals surface area contributed by atoms with E-state index in [1.54, 1.807) is 11.0 Å². The molecule has 0 spiro atoms. The van der Waals surface area contributed by atoms with Crippen molar-refractivity contribution >= 4 is 11.6 Å². The lowest BCUT2D eigenvalue weighted by atomic mass is 10.0. The van der Waals surface area contributed by atoms with Crippen LogP contribution in [0, 0.1) is 0 Å². The maximum Gasteiger partial charge on any atom is 0.270 e. The van der Waals surface area contributed by atoms with Crippen molar-refractivity contribution in [1.82, 2.24) is 9.47 Å². The summed E-state index contributed by atoms with van der Waals surface area (Å²) in [6, 6.07) is 2.15. The number of aromatic nitrogens is 1. The molecule has 1 saturated heterocycles. The van der Waals surface area contributed by atoms with E-state index in [1.807, 2.05) is 24.6 Å². The predicted octanol–water partition coefficient (Wildman–Crippen LogP) is 1.02. The molecule has 1 aliphatic heterocycles. The number of nitrogen functional groups attached to an aromatic ring is 1. The van der Waals surface area contributed by atoms with Crippen LogP contribution in [0.3, 0.4) is 0 Å².